The molecule has 2 fully saturated rings. The minimum Gasteiger partial charge on any atom is -0.457 e. The molecular formula is C16H20N2O3. The Balaban J connectivity index is 1.52. The lowest BCUT2D eigenvalue weighted by molar-refractivity contribution is -0.0872. The van der Waals surface area contributed by atoms with Crippen LogP contribution in [0.25, 0.3) is 0 Å². The highest BCUT2D eigenvalue weighted by Gasteiger charge is 2.33. The van der Waals surface area contributed by atoms with Crippen LogP contribution in [-0.2, 0) is 16.1 Å². The van der Waals surface area contributed by atoms with E-state index in [1.165, 1.54) is 0 Å². The first-order chi connectivity index (χ1) is 10.2. The summed E-state index contributed by atoms with van der Waals surface area (Å²) in [7, 11) is 2.17. The van der Waals surface area contributed by atoms with Gasteiger partial charge in [0.1, 0.15) is 6.61 Å². The number of cyclic esters (lactones) is 1. The molecule has 5 heteroatoms. The summed E-state index contributed by atoms with van der Waals surface area (Å²) < 4.78 is 11.1. The molecule has 0 amide bonds. The van der Waals surface area contributed by atoms with Gasteiger partial charge in [-0.05, 0) is 24.7 Å². The van der Waals surface area contributed by atoms with Gasteiger partial charge in [-0.15, -0.1) is 0 Å². The summed E-state index contributed by atoms with van der Waals surface area (Å²) in [6, 6.07) is 6.46. The lowest BCUT2D eigenvalue weighted by Gasteiger charge is -2.45. The van der Waals surface area contributed by atoms with E-state index in [1.807, 2.05) is 12.1 Å². The summed E-state index contributed by atoms with van der Waals surface area (Å²) in [6.45, 7) is 5.42. The maximum absolute atomic E-state index is 11.5. The van der Waals surface area contributed by atoms with Gasteiger partial charge in [0.05, 0.1) is 18.3 Å². The monoisotopic (exact) mass is 288 g/mol. The molecule has 2 saturated heterocycles. The number of fused-ring (bicyclic) bond motifs is 2. The molecule has 0 saturated carbocycles. The van der Waals surface area contributed by atoms with Crippen LogP contribution in [0.15, 0.2) is 18.2 Å². The average Bonchev–Trinajstić information content (AvgIpc) is 2.87. The van der Waals surface area contributed by atoms with Gasteiger partial charge in [-0.3, -0.25) is 4.90 Å². The standard InChI is InChI=1S/C16H20N2O3/c1-17-4-5-18-8-15(20-10-13(18)7-17)11-2-3-14-12(6-11)9-21-16(14)19/h2-3,6,13,15H,4-5,7-10H2,1H3. The molecule has 5 nitrogen and oxygen atoms in total. The van der Waals surface area contributed by atoms with E-state index in [9.17, 15) is 4.79 Å². The predicted octanol–water partition coefficient (Wildman–Crippen LogP) is 1.04. The third kappa shape index (κ3) is 2.35. The van der Waals surface area contributed by atoms with Gasteiger partial charge in [0, 0.05) is 37.8 Å². The maximum atomic E-state index is 11.5. The first-order valence-electron chi connectivity index (χ1n) is 7.55. The van der Waals surface area contributed by atoms with Crippen LogP contribution in [0.5, 0.6) is 0 Å². The SMILES string of the molecule is CN1CCN2CC(c3ccc4c(c3)COC4=O)OCC2C1. The van der Waals surface area contributed by atoms with Crippen molar-refractivity contribution in [1.29, 1.82) is 0 Å². The zero-order valence-electron chi connectivity index (χ0n) is 12.2. The number of carbonyl (C=O) groups is 1. The minimum atomic E-state index is -0.208. The van der Waals surface area contributed by atoms with Crippen LogP contribution in [0.2, 0.25) is 0 Å². The maximum Gasteiger partial charge on any atom is 0.338 e. The molecule has 2 atom stereocenters. The van der Waals surface area contributed by atoms with Crippen LogP contribution in [-0.4, -0.2) is 61.6 Å². The quantitative estimate of drug-likeness (QED) is 0.723. The molecule has 3 heterocycles. The molecule has 0 aliphatic carbocycles. The van der Waals surface area contributed by atoms with Gasteiger partial charge >= 0.3 is 5.97 Å². The van der Waals surface area contributed by atoms with Gasteiger partial charge in [0.15, 0.2) is 0 Å². The molecule has 112 valence electrons. The second kappa shape index (κ2) is 5.09. The van der Waals surface area contributed by atoms with Crippen molar-refractivity contribution in [3.8, 4) is 0 Å². The van der Waals surface area contributed by atoms with Crippen molar-refractivity contribution in [1.82, 2.24) is 9.80 Å². The summed E-state index contributed by atoms with van der Waals surface area (Å²) in [5, 5.41) is 0. The third-order valence-corrected chi connectivity index (χ3v) is 4.78. The zero-order chi connectivity index (χ0) is 14.4. The second-order valence-electron chi connectivity index (χ2n) is 6.23. The Kier molecular flexibility index (Phi) is 3.21. The van der Waals surface area contributed by atoms with Gasteiger partial charge < -0.3 is 14.4 Å². The van der Waals surface area contributed by atoms with Crippen molar-refractivity contribution in [3.05, 3.63) is 34.9 Å². The normalized spacial score (nSPS) is 29.9. The van der Waals surface area contributed by atoms with E-state index < -0.39 is 0 Å². The molecular weight excluding hydrogens is 268 g/mol. The number of morpholine rings is 1. The topological polar surface area (TPSA) is 42.0 Å². The van der Waals surface area contributed by atoms with Crippen LogP contribution in [0.4, 0.5) is 0 Å². The number of benzene rings is 1. The minimum absolute atomic E-state index is 0.102. The van der Waals surface area contributed by atoms with E-state index >= 15 is 0 Å². The van der Waals surface area contributed by atoms with E-state index in [1.54, 1.807) is 0 Å². The van der Waals surface area contributed by atoms with Gasteiger partial charge in [-0.1, -0.05) is 6.07 Å². The largest absolute Gasteiger partial charge is 0.457 e. The van der Waals surface area contributed by atoms with Gasteiger partial charge in [-0.2, -0.15) is 0 Å². The highest BCUT2D eigenvalue weighted by molar-refractivity contribution is 5.93. The summed E-state index contributed by atoms with van der Waals surface area (Å²) >= 11 is 0. The Morgan fingerprint density at radius 2 is 2.14 bits per heavy atom. The number of nitrogens with zero attached hydrogens (tertiary/aromatic N) is 2. The Labute approximate surface area is 124 Å². The fraction of sp³-hybridized carbons (Fsp3) is 0.562. The number of hydrogen-bond acceptors (Lipinski definition) is 5. The molecule has 1 aromatic carbocycles. The molecule has 3 aliphatic rings. The number of carbonyl (C=O) groups excluding carboxylic acids is 1. The number of rotatable bonds is 1. The number of ether oxygens (including phenoxy) is 2. The molecule has 2 unspecified atom stereocenters. The first kappa shape index (κ1) is 13.2. The molecule has 21 heavy (non-hydrogen) atoms. The van der Waals surface area contributed by atoms with Crippen molar-refractivity contribution in [2.45, 2.75) is 18.8 Å². The van der Waals surface area contributed by atoms with Crippen LogP contribution in [0.3, 0.4) is 0 Å². The Morgan fingerprint density at radius 3 is 3.05 bits per heavy atom. The van der Waals surface area contributed by atoms with E-state index in [-0.39, 0.29) is 12.1 Å². The Morgan fingerprint density at radius 1 is 1.24 bits per heavy atom. The van der Waals surface area contributed by atoms with Gasteiger partial charge in [0.2, 0.25) is 0 Å². The summed E-state index contributed by atoms with van der Waals surface area (Å²) in [4.78, 5) is 16.4. The number of hydrogen-bond donors (Lipinski definition) is 0. The fourth-order valence-electron chi connectivity index (χ4n) is 3.49. The van der Waals surface area contributed by atoms with Crippen molar-refractivity contribution in [3.63, 3.8) is 0 Å². The molecule has 0 aromatic heterocycles. The molecule has 1 aromatic rings. The Hall–Kier alpha value is -1.43. The molecule has 0 bridgehead atoms. The van der Waals surface area contributed by atoms with Crippen molar-refractivity contribution < 1.29 is 14.3 Å². The van der Waals surface area contributed by atoms with Crippen LogP contribution in [0, 0.1) is 0 Å². The third-order valence-electron chi connectivity index (χ3n) is 4.78. The first-order valence-corrected chi connectivity index (χ1v) is 7.55. The van der Waals surface area contributed by atoms with E-state index in [0.717, 1.165) is 43.9 Å². The summed E-state index contributed by atoms with van der Waals surface area (Å²) in [5.74, 6) is -0.208. The lowest BCUT2D eigenvalue weighted by atomic mass is 10.00. The van der Waals surface area contributed by atoms with Crippen molar-refractivity contribution >= 4 is 5.97 Å². The number of piperazine rings is 1. The Bertz CT molecular complexity index is 575. The summed E-state index contributed by atoms with van der Waals surface area (Å²) in [5.41, 5.74) is 2.85. The second-order valence-corrected chi connectivity index (χ2v) is 6.23. The van der Waals surface area contributed by atoms with Crippen LogP contribution >= 0.6 is 0 Å². The molecule has 4 rings (SSSR count). The fourth-order valence-corrected chi connectivity index (χ4v) is 3.49. The van der Waals surface area contributed by atoms with Crippen molar-refractivity contribution in [2.75, 3.05) is 39.8 Å². The number of likely N-dealkylation sites (N-methyl/N-ethyl adjacent to an activating group) is 1. The highest BCUT2D eigenvalue weighted by atomic mass is 16.5. The van der Waals surface area contributed by atoms with Gasteiger partial charge in [-0.25, -0.2) is 4.79 Å². The van der Waals surface area contributed by atoms with E-state index in [0.29, 0.717) is 18.2 Å². The molecule has 3 aliphatic heterocycles. The van der Waals surface area contributed by atoms with E-state index in [2.05, 4.69) is 22.9 Å². The zero-order valence-corrected chi connectivity index (χ0v) is 12.2. The molecule has 0 spiro atoms. The molecule has 0 radical (unpaired) electrons. The molecule has 0 N–H and O–H groups in total. The van der Waals surface area contributed by atoms with Crippen LogP contribution in [0.1, 0.15) is 27.6 Å². The lowest BCUT2D eigenvalue weighted by Crippen LogP contribution is -2.57. The van der Waals surface area contributed by atoms with Gasteiger partial charge in [0.25, 0.3) is 0 Å². The number of esters is 1. The highest BCUT2D eigenvalue weighted by Crippen LogP contribution is 2.30. The predicted molar refractivity (Wildman–Crippen MR) is 77.1 cm³/mol. The van der Waals surface area contributed by atoms with E-state index in [4.69, 9.17) is 9.47 Å². The summed E-state index contributed by atoms with van der Waals surface area (Å²) in [6.07, 6.45) is 0.102. The smallest absolute Gasteiger partial charge is 0.338 e. The average molecular weight is 288 g/mol. The van der Waals surface area contributed by atoms with Crippen LogP contribution < -0.4 is 0 Å². The van der Waals surface area contributed by atoms with Crippen molar-refractivity contribution in [2.24, 2.45) is 0 Å².